The number of nitrogens with one attached hydrogen (secondary N) is 1. The van der Waals surface area contributed by atoms with E-state index in [0.717, 1.165) is 18.7 Å². The van der Waals surface area contributed by atoms with Crippen molar-refractivity contribution in [3.8, 4) is 23.0 Å². The summed E-state index contributed by atoms with van der Waals surface area (Å²) in [5.74, 6) is 2.14. The Hall–Kier alpha value is -3.46. The molecule has 2 aromatic rings. The Balaban J connectivity index is 1.47. The summed E-state index contributed by atoms with van der Waals surface area (Å²) in [6, 6.07) is 10.9. The van der Waals surface area contributed by atoms with Gasteiger partial charge in [0.05, 0.1) is 34.0 Å². The molecule has 0 bridgehead atoms. The maximum absolute atomic E-state index is 12.6. The number of methoxy groups -OCH3 is 4. The quantitative estimate of drug-likeness (QED) is 0.568. The van der Waals surface area contributed by atoms with Gasteiger partial charge >= 0.3 is 0 Å². The van der Waals surface area contributed by atoms with E-state index in [9.17, 15) is 9.59 Å². The van der Waals surface area contributed by atoms with Gasteiger partial charge < -0.3 is 29.2 Å². The van der Waals surface area contributed by atoms with Gasteiger partial charge in [-0.05, 0) is 18.2 Å². The Morgan fingerprint density at radius 2 is 1.50 bits per heavy atom. The number of nitrogens with zero attached hydrogens (tertiary/aromatic N) is 2. The van der Waals surface area contributed by atoms with E-state index in [-0.39, 0.29) is 24.8 Å². The molecule has 2 amide bonds. The lowest BCUT2D eigenvalue weighted by Crippen LogP contribution is -2.48. The topological polar surface area (TPSA) is 89.6 Å². The number of amides is 2. The molecule has 0 spiro atoms. The molecule has 1 N–H and O–H groups in total. The van der Waals surface area contributed by atoms with E-state index in [1.54, 1.807) is 45.6 Å². The molecule has 2 aromatic carbocycles. The largest absolute Gasteiger partial charge is 0.496 e. The average Bonchev–Trinajstić information content (AvgIpc) is 2.88. The lowest BCUT2D eigenvalue weighted by atomic mass is 10.1. The molecule has 0 aliphatic carbocycles. The van der Waals surface area contributed by atoms with Gasteiger partial charge in [-0.1, -0.05) is 18.2 Å². The lowest BCUT2D eigenvalue weighted by molar-refractivity contribution is -0.132. The van der Waals surface area contributed by atoms with Crippen LogP contribution >= 0.6 is 0 Å². The van der Waals surface area contributed by atoms with Crippen molar-refractivity contribution in [3.05, 3.63) is 47.5 Å². The highest BCUT2D eigenvalue weighted by molar-refractivity contribution is 5.97. The normalized spacial score (nSPS) is 13.8. The molecule has 3 rings (SSSR count). The second-order valence-electron chi connectivity index (χ2n) is 7.86. The second-order valence-corrected chi connectivity index (χ2v) is 7.86. The van der Waals surface area contributed by atoms with E-state index < -0.39 is 0 Å². The molecule has 0 unspecified atom stereocenters. The Bertz CT molecular complexity index is 989. The predicted octanol–water partition coefficient (Wildman–Crippen LogP) is 2.19. The van der Waals surface area contributed by atoms with Crippen molar-refractivity contribution in [1.29, 1.82) is 0 Å². The van der Waals surface area contributed by atoms with Crippen LogP contribution in [-0.2, 0) is 11.3 Å². The zero-order chi connectivity index (χ0) is 24.5. The van der Waals surface area contributed by atoms with E-state index in [0.29, 0.717) is 48.2 Å². The van der Waals surface area contributed by atoms with Crippen LogP contribution in [0, 0.1) is 0 Å². The Morgan fingerprint density at radius 3 is 2.15 bits per heavy atom. The first kappa shape index (κ1) is 25.2. The molecule has 1 saturated heterocycles. The third kappa shape index (κ3) is 5.91. The number of ether oxygens (including phenoxy) is 4. The molecule has 0 atom stereocenters. The van der Waals surface area contributed by atoms with E-state index in [2.05, 4.69) is 10.2 Å². The summed E-state index contributed by atoms with van der Waals surface area (Å²) in [5.41, 5.74) is 1.45. The predicted molar refractivity (Wildman–Crippen MR) is 128 cm³/mol. The first-order valence-corrected chi connectivity index (χ1v) is 11.2. The van der Waals surface area contributed by atoms with Gasteiger partial charge in [0.25, 0.3) is 5.91 Å². The van der Waals surface area contributed by atoms with Crippen LogP contribution in [0.25, 0.3) is 0 Å². The molecule has 1 fully saturated rings. The van der Waals surface area contributed by atoms with Crippen LogP contribution in [0.15, 0.2) is 36.4 Å². The fourth-order valence-corrected chi connectivity index (χ4v) is 4.05. The van der Waals surface area contributed by atoms with Crippen molar-refractivity contribution >= 4 is 11.8 Å². The van der Waals surface area contributed by atoms with Crippen molar-refractivity contribution in [3.63, 3.8) is 0 Å². The monoisotopic (exact) mass is 471 g/mol. The molecule has 1 aliphatic heterocycles. The molecule has 184 valence electrons. The number of para-hydroxylation sites is 1. The Kier molecular flexibility index (Phi) is 8.98. The first-order chi connectivity index (χ1) is 16.5. The minimum Gasteiger partial charge on any atom is -0.496 e. The van der Waals surface area contributed by atoms with Crippen LogP contribution in [-0.4, -0.2) is 82.8 Å². The SMILES string of the molecule is COc1ccccc1C(=O)NCCC(=O)N1CCN(Cc2ccc(OC)c(OC)c2OC)CC1. The smallest absolute Gasteiger partial charge is 0.255 e. The number of carbonyl (C=O) groups excluding carboxylic acids is 2. The Morgan fingerprint density at radius 1 is 0.824 bits per heavy atom. The van der Waals surface area contributed by atoms with Crippen molar-refractivity contribution in [2.24, 2.45) is 0 Å². The number of benzene rings is 2. The second kappa shape index (κ2) is 12.1. The summed E-state index contributed by atoms with van der Waals surface area (Å²) in [5, 5.41) is 2.81. The summed E-state index contributed by atoms with van der Waals surface area (Å²) >= 11 is 0. The van der Waals surface area contributed by atoms with Crippen molar-refractivity contribution in [2.45, 2.75) is 13.0 Å². The summed E-state index contributed by atoms with van der Waals surface area (Å²) < 4.78 is 21.6. The molecular weight excluding hydrogens is 438 g/mol. The van der Waals surface area contributed by atoms with Gasteiger partial charge in [0.2, 0.25) is 11.7 Å². The fraction of sp³-hybridized carbons (Fsp3) is 0.440. The van der Waals surface area contributed by atoms with Gasteiger partial charge in [-0.15, -0.1) is 0 Å². The minimum atomic E-state index is -0.251. The third-order valence-corrected chi connectivity index (χ3v) is 5.88. The van der Waals surface area contributed by atoms with Crippen LogP contribution in [0.2, 0.25) is 0 Å². The van der Waals surface area contributed by atoms with Gasteiger partial charge in [-0.3, -0.25) is 14.5 Å². The van der Waals surface area contributed by atoms with Crippen molar-refractivity contribution in [1.82, 2.24) is 15.1 Å². The van der Waals surface area contributed by atoms with Crippen LogP contribution in [0.5, 0.6) is 23.0 Å². The molecule has 9 heteroatoms. The van der Waals surface area contributed by atoms with Gasteiger partial charge in [-0.2, -0.15) is 0 Å². The third-order valence-electron chi connectivity index (χ3n) is 5.88. The highest BCUT2D eigenvalue weighted by atomic mass is 16.5. The molecule has 0 saturated carbocycles. The minimum absolute atomic E-state index is 0.0312. The molecule has 9 nitrogen and oxygen atoms in total. The standard InChI is InChI=1S/C25H33N3O6/c1-31-20-8-6-5-7-19(20)25(30)26-12-11-22(29)28-15-13-27(14-16-28)17-18-9-10-21(32-2)24(34-4)23(18)33-3/h5-10H,11-17H2,1-4H3,(H,26,30). The van der Waals surface area contributed by atoms with E-state index in [1.165, 1.54) is 7.11 Å². The number of hydrogen-bond donors (Lipinski definition) is 1. The number of piperazine rings is 1. The lowest BCUT2D eigenvalue weighted by Gasteiger charge is -2.35. The first-order valence-electron chi connectivity index (χ1n) is 11.2. The summed E-state index contributed by atoms with van der Waals surface area (Å²) in [4.78, 5) is 29.1. The van der Waals surface area contributed by atoms with Crippen LogP contribution in [0.1, 0.15) is 22.3 Å². The zero-order valence-electron chi connectivity index (χ0n) is 20.3. The molecular formula is C25H33N3O6. The highest BCUT2D eigenvalue weighted by Crippen LogP contribution is 2.40. The molecule has 1 heterocycles. The van der Waals surface area contributed by atoms with Gasteiger partial charge in [0.1, 0.15) is 5.75 Å². The molecule has 0 radical (unpaired) electrons. The van der Waals surface area contributed by atoms with E-state index in [4.69, 9.17) is 18.9 Å². The maximum Gasteiger partial charge on any atom is 0.255 e. The van der Waals surface area contributed by atoms with E-state index in [1.807, 2.05) is 17.0 Å². The zero-order valence-corrected chi connectivity index (χ0v) is 20.3. The fourth-order valence-electron chi connectivity index (χ4n) is 4.05. The number of rotatable bonds is 10. The van der Waals surface area contributed by atoms with Gasteiger partial charge in [-0.25, -0.2) is 0 Å². The van der Waals surface area contributed by atoms with Crippen LogP contribution < -0.4 is 24.3 Å². The van der Waals surface area contributed by atoms with Gasteiger partial charge in [0, 0.05) is 51.3 Å². The molecule has 34 heavy (non-hydrogen) atoms. The van der Waals surface area contributed by atoms with Crippen LogP contribution in [0.3, 0.4) is 0 Å². The van der Waals surface area contributed by atoms with E-state index >= 15 is 0 Å². The average molecular weight is 472 g/mol. The Labute approximate surface area is 200 Å². The van der Waals surface area contributed by atoms with Crippen LogP contribution in [0.4, 0.5) is 0 Å². The summed E-state index contributed by atoms with van der Waals surface area (Å²) in [6.45, 7) is 3.72. The number of hydrogen-bond acceptors (Lipinski definition) is 7. The molecule has 1 aliphatic rings. The summed E-state index contributed by atoms with van der Waals surface area (Å²) in [6.07, 6.45) is 0.254. The van der Waals surface area contributed by atoms with Crippen molar-refractivity contribution in [2.75, 3.05) is 61.2 Å². The maximum atomic E-state index is 12.6. The number of carbonyl (C=O) groups is 2. The highest BCUT2D eigenvalue weighted by Gasteiger charge is 2.23. The van der Waals surface area contributed by atoms with Crippen molar-refractivity contribution < 1.29 is 28.5 Å². The van der Waals surface area contributed by atoms with Gasteiger partial charge in [0.15, 0.2) is 11.5 Å². The summed E-state index contributed by atoms with van der Waals surface area (Å²) in [7, 11) is 6.32. The molecule has 0 aromatic heterocycles.